The van der Waals surface area contributed by atoms with Crippen LogP contribution in [0.5, 0.6) is 0 Å². The molecule has 2 heterocycles. The number of fused-ring (bicyclic) bond motifs is 1. The molecule has 0 saturated heterocycles. The van der Waals surface area contributed by atoms with Crippen molar-refractivity contribution in [1.29, 1.82) is 0 Å². The first-order valence-electron chi connectivity index (χ1n) is 9.13. The molecule has 0 bridgehead atoms. The lowest BCUT2D eigenvalue weighted by Gasteiger charge is -2.17. The van der Waals surface area contributed by atoms with Crippen molar-refractivity contribution in [3.8, 4) is 0 Å². The molecule has 1 aliphatic rings. The summed E-state index contributed by atoms with van der Waals surface area (Å²) in [6.45, 7) is 4.44. The standard InChI is InChI=1S/C21H20N4O3/c1-14-20(25(27)28)15(2)24(22-14)13-16-7-9-18(10-8-16)21(26)23-12-11-17-5-3-4-6-19(17)23/h3-10H,11-13H2,1-2H3. The van der Waals surface area contributed by atoms with E-state index in [0.717, 1.165) is 17.7 Å². The molecule has 0 unspecified atom stereocenters. The Morgan fingerprint density at radius 3 is 2.54 bits per heavy atom. The maximum atomic E-state index is 12.9. The highest BCUT2D eigenvalue weighted by Crippen LogP contribution is 2.29. The maximum absolute atomic E-state index is 12.9. The van der Waals surface area contributed by atoms with Crippen molar-refractivity contribution in [1.82, 2.24) is 9.78 Å². The molecule has 1 aliphatic heterocycles. The molecule has 0 saturated carbocycles. The minimum absolute atomic E-state index is 0.0155. The van der Waals surface area contributed by atoms with Crippen molar-refractivity contribution in [2.24, 2.45) is 0 Å². The molecule has 1 amide bonds. The monoisotopic (exact) mass is 376 g/mol. The van der Waals surface area contributed by atoms with Gasteiger partial charge >= 0.3 is 5.69 Å². The molecule has 0 aliphatic carbocycles. The average Bonchev–Trinajstić information content (AvgIpc) is 3.22. The number of nitro groups is 1. The van der Waals surface area contributed by atoms with Gasteiger partial charge in [0, 0.05) is 17.8 Å². The zero-order valence-electron chi connectivity index (χ0n) is 15.8. The highest BCUT2D eigenvalue weighted by molar-refractivity contribution is 6.07. The van der Waals surface area contributed by atoms with Crippen molar-refractivity contribution >= 4 is 17.3 Å². The summed E-state index contributed by atoms with van der Waals surface area (Å²) in [7, 11) is 0. The Labute approximate surface area is 162 Å². The number of benzene rings is 2. The summed E-state index contributed by atoms with van der Waals surface area (Å²) in [5.41, 5.74) is 4.71. The van der Waals surface area contributed by atoms with Gasteiger partial charge in [-0.1, -0.05) is 30.3 Å². The highest BCUT2D eigenvalue weighted by atomic mass is 16.6. The predicted octanol–water partition coefficient (Wildman–Crippen LogP) is 3.66. The fourth-order valence-corrected chi connectivity index (χ4v) is 3.74. The van der Waals surface area contributed by atoms with Crippen LogP contribution < -0.4 is 4.90 Å². The van der Waals surface area contributed by atoms with Gasteiger partial charge in [-0.15, -0.1) is 0 Å². The van der Waals surface area contributed by atoms with Gasteiger partial charge in [-0.05, 0) is 49.6 Å². The summed E-state index contributed by atoms with van der Waals surface area (Å²) in [5.74, 6) is -0.0155. The molecule has 2 aromatic carbocycles. The molecule has 7 heteroatoms. The fourth-order valence-electron chi connectivity index (χ4n) is 3.74. The summed E-state index contributed by atoms with van der Waals surface area (Å²) < 4.78 is 1.63. The van der Waals surface area contributed by atoms with Crippen LogP contribution >= 0.6 is 0 Å². The third-order valence-electron chi connectivity index (χ3n) is 5.19. The van der Waals surface area contributed by atoms with Crippen LogP contribution in [0.25, 0.3) is 0 Å². The van der Waals surface area contributed by atoms with Crippen molar-refractivity contribution < 1.29 is 9.72 Å². The first-order valence-corrected chi connectivity index (χ1v) is 9.13. The third-order valence-corrected chi connectivity index (χ3v) is 5.19. The number of nitrogens with zero attached hydrogens (tertiary/aromatic N) is 4. The lowest BCUT2D eigenvalue weighted by Crippen LogP contribution is -2.28. The average molecular weight is 376 g/mol. The number of hydrogen-bond donors (Lipinski definition) is 0. The summed E-state index contributed by atoms with van der Waals surface area (Å²) in [5, 5.41) is 15.4. The van der Waals surface area contributed by atoms with E-state index in [2.05, 4.69) is 11.2 Å². The van der Waals surface area contributed by atoms with Crippen LogP contribution in [0, 0.1) is 24.0 Å². The molecule has 142 valence electrons. The van der Waals surface area contributed by atoms with E-state index >= 15 is 0 Å². The summed E-state index contributed by atoms with van der Waals surface area (Å²) >= 11 is 0. The molecule has 0 atom stereocenters. The Bertz CT molecular complexity index is 1070. The molecule has 4 rings (SSSR count). The summed E-state index contributed by atoms with van der Waals surface area (Å²) in [6, 6.07) is 15.3. The number of carbonyl (C=O) groups excluding carboxylic acids is 1. The number of para-hydroxylation sites is 1. The lowest BCUT2D eigenvalue weighted by atomic mass is 10.1. The normalized spacial score (nSPS) is 12.9. The van der Waals surface area contributed by atoms with Crippen LogP contribution in [0.3, 0.4) is 0 Å². The van der Waals surface area contributed by atoms with E-state index in [4.69, 9.17) is 0 Å². The van der Waals surface area contributed by atoms with Gasteiger partial charge < -0.3 is 4.90 Å². The van der Waals surface area contributed by atoms with Crippen LogP contribution in [-0.2, 0) is 13.0 Å². The second-order valence-electron chi connectivity index (χ2n) is 6.97. The van der Waals surface area contributed by atoms with Crippen molar-refractivity contribution in [3.05, 3.63) is 86.7 Å². The number of aryl methyl sites for hydroxylation is 1. The Morgan fingerprint density at radius 1 is 1.14 bits per heavy atom. The molecule has 28 heavy (non-hydrogen) atoms. The van der Waals surface area contributed by atoms with Gasteiger partial charge in [-0.2, -0.15) is 5.10 Å². The number of anilines is 1. The Hall–Kier alpha value is -3.48. The second-order valence-corrected chi connectivity index (χ2v) is 6.97. The molecule has 3 aromatic rings. The molecule has 0 N–H and O–H groups in total. The Kier molecular flexibility index (Phi) is 4.43. The number of rotatable bonds is 4. The molecule has 0 fully saturated rings. The van der Waals surface area contributed by atoms with Gasteiger partial charge in [0.2, 0.25) is 0 Å². The molecular weight excluding hydrogens is 356 g/mol. The van der Waals surface area contributed by atoms with Gasteiger partial charge in [0.25, 0.3) is 5.91 Å². The largest absolute Gasteiger partial charge is 0.312 e. The van der Waals surface area contributed by atoms with Crippen molar-refractivity contribution in [3.63, 3.8) is 0 Å². The number of hydrogen-bond acceptors (Lipinski definition) is 4. The highest BCUT2D eigenvalue weighted by Gasteiger charge is 2.25. The van der Waals surface area contributed by atoms with Gasteiger partial charge in [0.1, 0.15) is 11.4 Å². The van der Waals surface area contributed by atoms with Crippen LogP contribution in [0.4, 0.5) is 11.4 Å². The third kappa shape index (κ3) is 3.05. The smallest absolute Gasteiger partial charge is 0.308 e. The lowest BCUT2D eigenvalue weighted by molar-refractivity contribution is -0.386. The zero-order chi connectivity index (χ0) is 19.8. The maximum Gasteiger partial charge on any atom is 0.312 e. The Balaban J connectivity index is 1.53. The van der Waals surface area contributed by atoms with Gasteiger partial charge in [0.15, 0.2) is 0 Å². The van der Waals surface area contributed by atoms with Crippen LogP contribution in [0.2, 0.25) is 0 Å². The van der Waals surface area contributed by atoms with Crippen molar-refractivity contribution in [2.45, 2.75) is 26.8 Å². The molecule has 0 spiro atoms. The number of aromatic nitrogens is 2. The Morgan fingerprint density at radius 2 is 1.86 bits per heavy atom. The quantitative estimate of drug-likeness (QED) is 0.514. The van der Waals surface area contributed by atoms with E-state index in [-0.39, 0.29) is 11.6 Å². The SMILES string of the molecule is Cc1nn(Cc2ccc(C(=O)N3CCc4ccccc43)cc2)c(C)c1[N+](=O)[O-]. The van der Waals surface area contributed by atoms with E-state index in [9.17, 15) is 14.9 Å². The summed E-state index contributed by atoms with van der Waals surface area (Å²) in [6.07, 6.45) is 0.872. The van der Waals surface area contributed by atoms with Gasteiger partial charge in [0.05, 0.1) is 11.5 Å². The molecule has 1 aromatic heterocycles. The minimum atomic E-state index is -0.399. The van der Waals surface area contributed by atoms with E-state index in [1.165, 1.54) is 5.56 Å². The molecular formula is C21H20N4O3. The van der Waals surface area contributed by atoms with E-state index in [1.807, 2.05) is 35.2 Å². The second kappa shape index (κ2) is 6.92. The van der Waals surface area contributed by atoms with E-state index < -0.39 is 4.92 Å². The number of carbonyl (C=O) groups is 1. The molecule has 0 radical (unpaired) electrons. The predicted molar refractivity (Wildman–Crippen MR) is 106 cm³/mol. The van der Waals surface area contributed by atoms with Crippen LogP contribution in [0.1, 0.15) is 32.9 Å². The van der Waals surface area contributed by atoms with Crippen LogP contribution in [0.15, 0.2) is 48.5 Å². The molecule has 7 nitrogen and oxygen atoms in total. The topological polar surface area (TPSA) is 81.3 Å². The minimum Gasteiger partial charge on any atom is -0.308 e. The first kappa shape index (κ1) is 17.9. The first-order chi connectivity index (χ1) is 13.5. The van der Waals surface area contributed by atoms with Gasteiger partial charge in [-0.25, -0.2) is 0 Å². The fraction of sp³-hybridized carbons (Fsp3) is 0.238. The zero-order valence-corrected chi connectivity index (χ0v) is 15.8. The van der Waals surface area contributed by atoms with Crippen molar-refractivity contribution in [2.75, 3.05) is 11.4 Å². The number of amides is 1. The van der Waals surface area contributed by atoms with E-state index in [1.54, 1.807) is 30.7 Å². The van der Waals surface area contributed by atoms with E-state index in [0.29, 0.717) is 30.0 Å². The summed E-state index contributed by atoms with van der Waals surface area (Å²) in [4.78, 5) is 25.5. The van der Waals surface area contributed by atoms with Gasteiger partial charge in [-0.3, -0.25) is 19.6 Å². The van der Waals surface area contributed by atoms with Crippen LogP contribution in [-0.4, -0.2) is 27.2 Å².